The normalized spacial score (nSPS) is 15.8. The Balaban J connectivity index is 2.21. The molecule has 0 saturated carbocycles. The molecule has 10 nitrogen and oxygen atoms in total. The van der Waals surface area contributed by atoms with Crippen molar-refractivity contribution >= 4 is 35.1 Å². The molecule has 2 N–H and O–H groups in total. The zero-order valence-electron chi connectivity index (χ0n) is 16.6. The van der Waals surface area contributed by atoms with Gasteiger partial charge in [0.05, 0.1) is 34.9 Å². The van der Waals surface area contributed by atoms with Gasteiger partial charge in [-0.1, -0.05) is 0 Å². The number of ether oxygens (including phenoxy) is 4. The van der Waals surface area contributed by atoms with Crippen LogP contribution < -0.4 is 24.8 Å². The average molecular weight is 425 g/mol. The van der Waals surface area contributed by atoms with E-state index < -0.39 is 17.9 Å². The fraction of sp³-hybridized carbons (Fsp3) is 0.444. The number of amides is 2. The Morgan fingerprint density at radius 2 is 1.79 bits per heavy atom. The number of hydrogen-bond donors (Lipinski definition) is 2. The van der Waals surface area contributed by atoms with Gasteiger partial charge in [-0.15, -0.1) is 0 Å². The first-order valence-electron chi connectivity index (χ1n) is 8.62. The number of esters is 1. The van der Waals surface area contributed by atoms with Crippen molar-refractivity contribution in [3.8, 4) is 17.2 Å². The lowest BCUT2D eigenvalue weighted by Gasteiger charge is -2.36. The SMILES string of the molecule is COC(=O)CC1C(=O)NCCN1C(=S)NC(=O)c1cc(OC)c(OC)c(OC)c1. The second-order valence-corrected chi connectivity index (χ2v) is 6.34. The quantitative estimate of drug-likeness (QED) is 0.483. The van der Waals surface area contributed by atoms with E-state index in [4.69, 9.17) is 26.4 Å². The molecule has 1 aliphatic heterocycles. The Morgan fingerprint density at radius 1 is 1.17 bits per heavy atom. The first-order valence-corrected chi connectivity index (χ1v) is 9.03. The van der Waals surface area contributed by atoms with Crippen LogP contribution >= 0.6 is 12.2 Å². The molecule has 11 heteroatoms. The Morgan fingerprint density at radius 3 is 2.31 bits per heavy atom. The van der Waals surface area contributed by atoms with E-state index in [1.54, 1.807) is 0 Å². The smallest absolute Gasteiger partial charge is 0.308 e. The zero-order valence-corrected chi connectivity index (χ0v) is 17.4. The number of rotatable bonds is 6. The van der Waals surface area contributed by atoms with E-state index in [0.717, 1.165) is 0 Å². The maximum absolute atomic E-state index is 12.7. The Hall–Kier alpha value is -3.08. The third-order valence-electron chi connectivity index (χ3n) is 4.33. The molecular weight excluding hydrogens is 402 g/mol. The maximum Gasteiger partial charge on any atom is 0.308 e. The van der Waals surface area contributed by atoms with Crippen molar-refractivity contribution in [2.75, 3.05) is 41.5 Å². The first kappa shape index (κ1) is 22.2. The lowest BCUT2D eigenvalue weighted by molar-refractivity contribution is -0.144. The minimum Gasteiger partial charge on any atom is -0.493 e. The third kappa shape index (κ3) is 5.05. The van der Waals surface area contributed by atoms with Crippen LogP contribution in [-0.2, 0) is 14.3 Å². The van der Waals surface area contributed by atoms with Gasteiger partial charge >= 0.3 is 5.97 Å². The van der Waals surface area contributed by atoms with Crippen molar-refractivity contribution in [2.45, 2.75) is 12.5 Å². The van der Waals surface area contributed by atoms with Crippen molar-refractivity contribution in [2.24, 2.45) is 0 Å². The number of piperazine rings is 1. The molecule has 1 aliphatic rings. The lowest BCUT2D eigenvalue weighted by Crippen LogP contribution is -2.60. The van der Waals surface area contributed by atoms with Gasteiger partial charge < -0.3 is 29.2 Å². The van der Waals surface area contributed by atoms with Gasteiger partial charge in [0.1, 0.15) is 6.04 Å². The van der Waals surface area contributed by atoms with Crippen molar-refractivity contribution in [1.29, 1.82) is 0 Å². The molecule has 1 saturated heterocycles. The summed E-state index contributed by atoms with van der Waals surface area (Å²) in [6.45, 7) is 0.665. The summed E-state index contributed by atoms with van der Waals surface area (Å²) in [6.07, 6.45) is -0.192. The second kappa shape index (κ2) is 9.92. The fourth-order valence-electron chi connectivity index (χ4n) is 2.86. The summed E-state index contributed by atoms with van der Waals surface area (Å²) in [7, 11) is 5.57. The molecule has 29 heavy (non-hydrogen) atoms. The topological polar surface area (TPSA) is 115 Å². The number of benzene rings is 1. The van der Waals surface area contributed by atoms with Gasteiger partial charge in [-0.05, 0) is 24.4 Å². The molecule has 1 atom stereocenters. The summed E-state index contributed by atoms with van der Waals surface area (Å²) in [5.41, 5.74) is 0.216. The largest absolute Gasteiger partial charge is 0.493 e. The zero-order chi connectivity index (χ0) is 21.6. The monoisotopic (exact) mass is 425 g/mol. The molecular formula is C18H23N3O7S. The Kier molecular flexibility index (Phi) is 7.59. The number of thiocarbonyl (C=S) groups is 1. The number of methoxy groups -OCH3 is 4. The molecule has 1 aromatic rings. The number of carbonyl (C=O) groups excluding carboxylic acids is 3. The standard InChI is InChI=1S/C18H23N3O7S/c1-25-12-7-10(8-13(26-2)15(12)28-4)16(23)20-18(29)21-6-5-19-17(24)11(21)9-14(22)27-3/h7-8,11H,5-6,9H2,1-4H3,(H,19,24)(H,20,23,29). The maximum atomic E-state index is 12.7. The van der Waals surface area contributed by atoms with Crippen LogP contribution in [-0.4, -0.2) is 75.4 Å². The van der Waals surface area contributed by atoms with E-state index in [2.05, 4.69) is 15.4 Å². The van der Waals surface area contributed by atoms with Crippen LogP contribution in [0, 0.1) is 0 Å². The highest BCUT2D eigenvalue weighted by Crippen LogP contribution is 2.38. The lowest BCUT2D eigenvalue weighted by atomic mass is 10.1. The van der Waals surface area contributed by atoms with E-state index in [0.29, 0.717) is 30.3 Å². The van der Waals surface area contributed by atoms with Gasteiger partial charge in [0.2, 0.25) is 11.7 Å². The number of nitrogens with zero attached hydrogens (tertiary/aromatic N) is 1. The highest BCUT2D eigenvalue weighted by Gasteiger charge is 2.34. The first-order chi connectivity index (χ1) is 13.9. The molecule has 0 aromatic heterocycles. The molecule has 158 valence electrons. The minimum atomic E-state index is -0.871. The molecule has 2 amide bonds. The summed E-state index contributed by atoms with van der Waals surface area (Å²) in [6, 6.07) is 2.09. The number of nitrogens with one attached hydrogen (secondary N) is 2. The molecule has 0 aliphatic carbocycles. The third-order valence-corrected chi connectivity index (χ3v) is 4.66. The summed E-state index contributed by atoms with van der Waals surface area (Å²) in [5, 5.41) is 5.27. The highest BCUT2D eigenvalue weighted by atomic mass is 32.1. The molecule has 0 spiro atoms. The molecule has 1 aromatic carbocycles. The number of hydrogen-bond acceptors (Lipinski definition) is 8. The number of carbonyl (C=O) groups is 3. The molecule has 0 bridgehead atoms. The van der Waals surface area contributed by atoms with Crippen LogP contribution in [0.3, 0.4) is 0 Å². The second-order valence-electron chi connectivity index (χ2n) is 5.95. The van der Waals surface area contributed by atoms with Gasteiger partial charge in [0.15, 0.2) is 16.6 Å². The van der Waals surface area contributed by atoms with Gasteiger partial charge in [-0.3, -0.25) is 19.7 Å². The van der Waals surface area contributed by atoms with Crippen LogP contribution in [0.1, 0.15) is 16.8 Å². The van der Waals surface area contributed by atoms with Crippen molar-refractivity contribution < 1.29 is 33.3 Å². The molecule has 1 fully saturated rings. The van der Waals surface area contributed by atoms with Crippen molar-refractivity contribution in [1.82, 2.24) is 15.5 Å². The van der Waals surface area contributed by atoms with Gasteiger partial charge in [-0.25, -0.2) is 0 Å². The van der Waals surface area contributed by atoms with Crippen LogP contribution in [0.5, 0.6) is 17.2 Å². The average Bonchev–Trinajstić information content (AvgIpc) is 2.73. The summed E-state index contributed by atoms with van der Waals surface area (Å²) < 4.78 is 20.4. The molecule has 0 radical (unpaired) electrons. The minimum absolute atomic E-state index is 0.0208. The van der Waals surface area contributed by atoms with E-state index >= 15 is 0 Å². The van der Waals surface area contributed by atoms with E-state index in [-0.39, 0.29) is 23.0 Å². The van der Waals surface area contributed by atoms with Gasteiger partial charge in [-0.2, -0.15) is 0 Å². The summed E-state index contributed by atoms with van der Waals surface area (Å²) in [4.78, 5) is 38.0. The molecule has 2 rings (SSSR count). The predicted octanol–water partition coefficient (Wildman–Crippen LogP) is 0.0906. The van der Waals surface area contributed by atoms with E-state index in [1.165, 1.54) is 45.5 Å². The fourth-order valence-corrected chi connectivity index (χ4v) is 3.17. The summed E-state index contributed by atoms with van der Waals surface area (Å²) >= 11 is 5.32. The van der Waals surface area contributed by atoms with Crippen LogP contribution in [0.4, 0.5) is 0 Å². The van der Waals surface area contributed by atoms with Gasteiger partial charge in [0.25, 0.3) is 5.91 Å². The van der Waals surface area contributed by atoms with E-state index in [9.17, 15) is 14.4 Å². The molecule has 1 unspecified atom stereocenters. The van der Waals surface area contributed by atoms with Gasteiger partial charge in [0, 0.05) is 18.7 Å². The highest BCUT2D eigenvalue weighted by molar-refractivity contribution is 7.80. The Bertz CT molecular complexity index is 790. The van der Waals surface area contributed by atoms with Crippen molar-refractivity contribution in [3.05, 3.63) is 17.7 Å². The van der Waals surface area contributed by atoms with Crippen molar-refractivity contribution in [3.63, 3.8) is 0 Å². The predicted molar refractivity (Wildman–Crippen MR) is 106 cm³/mol. The van der Waals surface area contributed by atoms with Crippen LogP contribution in [0.2, 0.25) is 0 Å². The molecule has 1 heterocycles. The Labute approximate surface area is 173 Å². The summed E-state index contributed by atoms with van der Waals surface area (Å²) in [5.74, 6) is -0.494. The van der Waals surface area contributed by atoms with E-state index in [1.807, 2.05) is 0 Å². The van der Waals surface area contributed by atoms with Crippen LogP contribution in [0.15, 0.2) is 12.1 Å². The van der Waals surface area contributed by atoms with Crippen LogP contribution in [0.25, 0.3) is 0 Å².